The van der Waals surface area contributed by atoms with Crippen molar-refractivity contribution in [2.45, 2.75) is 66.7 Å². The lowest BCUT2D eigenvalue weighted by Gasteiger charge is -2.35. The quantitative estimate of drug-likeness (QED) is 0.465. The molecule has 3 heteroatoms. The van der Waals surface area contributed by atoms with Crippen molar-refractivity contribution in [2.24, 2.45) is 16.7 Å². The third kappa shape index (κ3) is 7.69. The van der Waals surface area contributed by atoms with Crippen molar-refractivity contribution in [1.29, 1.82) is 0 Å². The zero-order valence-electron chi connectivity index (χ0n) is 12.5. The van der Waals surface area contributed by atoms with Gasteiger partial charge >= 0.3 is 5.97 Å². The maximum absolute atomic E-state index is 12.2. The van der Waals surface area contributed by atoms with E-state index in [9.17, 15) is 4.79 Å². The minimum absolute atomic E-state index is 0.0939. The molecule has 0 spiro atoms. The Morgan fingerprint density at radius 3 is 1.71 bits per heavy atom. The van der Waals surface area contributed by atoms with Gasteiger partial charge in [0.15, 0.2) is 0 Å². The van der Waals surface area contributed by atoms with Crippen LogP contribution in [-0.2, 0) is 9.53 Å². The first-order chi connectivity index (χ1) is 7.22. The summed E-state index contributed by atoms with van der Waals surface area (Å²) in [6.45, 7) is 16.2. The average Bonchev–Trinajstić information content (AvgIpc) is 1.92. The number of carbonyl (C=O) groups excluding carboxylic acids is 1. The number of esters is 1. The first-order valence-electron chi connectivity index (χ1n) is 6.18. The molecular weight excluding hydrogens is 232 g/mol. The number of hydrogen-bond acceptors (Lipinski definition) is 3. The molecule has 0 aliphatic heterocycles. The predicted octanol–water partition coefficient (Wildman–Crippen LogP) is 4.29. The molecule has 0 heterocycles. The first kappa shape index (κ1) is 16.8. The molecule has 0 saturated carbocycles. The van der Waals surface area contributed by atoms with Crippen molar-refractivity contribution in [1.82, 2.24) is 0 Å². The van der Waals surface area contributed by atoms with E-state index in [2.05, 4.69) is 54.2 Å². The summed E-state index contributed by atoms with van der Waals surface area (Å²) in [5.74, 6) is -0.249. The smallest absolute Gasteiger partial charge is 0.310 e. The number of thiol groups is 1. The van der Waals surface area contributed by atoms with Gasteiger partial charge in [-0.2, -0.15) is 0 Å². The monoisotopic (exact) mass is 260 g/mol. The van der Waals surface area contributed by atoms with Gasteiger partial charge in [-0.25, -0.2) is 0 Å². The Balaban J connectivity index is 4.90. The zero-order chi connectivity index (χ0) is 14.1. The number of hydrogen-bond donors (Lipinski definition) is 1. The molecule has 2 nitrogen and oxygen atoms in total. The molecule has 0 aromatic heterocycles. The Hall–Kier alpha value is -0.180. The molecule has 0 radical (unpaired) electrons. The molecule has 0 aromatic rings. The lowest BCUT2D eigenvalue weighted by atomic mass is 9.72. The van der Waals surface area contributed by atoms with Crippen molar-refractivity contribution in [3.8, 4) is 0 Å². The molecule has 17 heavy (non-hydrogen) atoms. The highest BCUT2D eigenvalue weighted by molar-refractivity contribution is 7.81. The fourth-order valence-electron chi connectivity index (χ4n) is 1.67. The van der Waals surface area contributed by atoms with E-state index >= 15 is 0 Å². The van der Waals surface area contributed by atoms with Gasteiger partial charge in [0, 0.05) is 0 Å². The van der Waals surface area contributed by atoms with Crippen molar-refractivity contribution in [2.75, 3.05) is 0 Å². The summed E-state index contributed by atoms with van der Waals surface area (Å²) in [7, 11) is 0. The van der Waals surface area contributed by atoms with Crippen LogP contribution in [0.5, 0.6) is 0 Å². The zero-order valence-corrected chi connectivity index (χ0v) is 13.4. The van der Waals surface area contributed by atoms with Gasteiger partial charge in [0.1, 0.15) is 4.93 Å². The van der Waals surface area contributed by atoms with Crippen molar-refractivity contribution in [3.63, 3.8) is 0 Å². The lowest BCUT2D eigenvalue weighted by Crippen LogP contribution is -2.36. The fraction of sp³-hybridized carbons (Fsp3) is 0.929. The molecule has 102 valence electrons. The molecule has 0 aliphatic rings. The molecule has 0 amide bonds. The minimum atomic E-state index is -0.710. The van der Waals surface area contributed by atoms with Crippen LogP contribution < -0.4 is 0 Å². The van der Waals surface area contributed by atoms with E-state index in [1.54, 1.807) is 13.8 Å². The van der Waals surface area contributed by atoms with E-state index in [-0.39, 0.29) is 22.7 Å². The number of carbonyl (C=O) groups is 1. The SMILES string of the molecule is CC(C)(C)CC(C(=O)OC(C)(C)S)C(C)(C)C. The van der Waals surface area contributed by atoms with Gasteiger partial charge < -0.3 is 4.74 Å². The Labute approximate surface area is 112 Å². The highest BCUT2D eigenvalue weighted by Crippen LogP contribution is 2.37. The van der Waals surface area contributed by atoms with E-state index in [4.69, 9.17) is 4.74 Å². The van der Waals surface area contributed by atoms with Gasteiger partial charge in [-0.15, -0.1) is 12.6 Å². The van der Waals surface area contributed by atoms with E-state index in [1.165, 1.54) is 0 Å². The maximum Gasteiger partial charge on any atom is 0.310 e. The summed E-state index contributed by atoms with van der Waals surface area (Å²) in [6, 6.07) is 0. The molecule has 1 atom stereocenters. The molecule has 0 saturated heterocycles. The van der Waals surface area contributed by atoms with E-state index < -0.39 is 4.93 Å². The Kier molecular flexibility index (Phi) is 5.16. The molecule has 0 N–H and O–H groups in total. The van der Waals surface area contributed by atoms with Gasteiger partial charge in [0.25, 0.3) is 0 Å². The summed E-state index contributed by atoms with van der Waals surface area (Å²) in [6.07, 6.45) is 0.819. The van der Waals surface area contributed by atoms with Gasteiger partial charge in [-0.3, -0.25) is 4.79 Å². The molecule has 0 aliphatic carbocycles. The van der Waals surface area contributed by atoms with E-state index in [0.29, 0.717) is 0 Å². The van der Waals surface area contributed by atoms with Gasteiger partial charge in [0.2, 0.25) is 0 Å². The van der Waals surface area contributed by atoms with Crippen LogP contribution in [0.4, 0.5) is 0 Å². The van der Waals surface area contributed by atoms with Gasteiger partial charge in [0.05, 0.1) is 5.92 Å². The largest absolute Gasteiger partial charge is 0.449 e. The van der Waals surface area contributed by atoms with Crippen LogP contribution in [0.25, 0.3) is 0 Å². The second-order valence-electron chi connectivity index (χ2n) is 7.55. The summed E-state index contributed by atoms with van der Waals surface area (Å²) >= 11 is 4.25. The number of rotatable bonds is 3. The normalized spacial score (nSPS) is 15.6. The first-order valence-corrected chi connectivity index (χ1v) is 6.62. The fourth-order valence-corrected chi connectivity index (χ4v) is 1.76. The predicted molar refractivity (Wildman–Crippen MR) is 76.2 cm³/mol. The van der Waals surface area contributed by atoms with Crippen LogP contribution in [0.1, 0.15) is 61.8 Å². The van der Waals surface area contributed by atoms with Crippen LogP contribution in [0.2, 0.25) is 0 Å². The average molecular weight is 260 g/mol. The standard InChI is InChI=1S/C14H28O2S/c1-12(2,3)9-10(13(4,5)6)11(15)16-14(7,8)17/h10,17H,9H2,1-8H3. The molecule has 1 unspecified atom stereocenters. The molecule has 0 rings (SSSR count). The Morgan fingerprint density at radius 1 is 1.06 bits per heavy atom. The van der Waals surface area contributed by atoms with Crippen molar-refractivity contribution >= 4 is 18.6 Å². The summed E-state index contributed by atoms with van der Waals surface area (Å²) in [5.41, 5.74) is 0.0150. The third-order valence-electron chi connectivity index (χ3n) is 2.50. The second-order valence-corrected chi connectivity index (χ2v) is 8.63. The van der Waals surface area contributed by atoms with Crippen LogP contribution in [0.3, 0.4) is 0 Å². The van der Waals surface area contributed by atoms with Crippen LogP contribution in [-0.4, -0.2) is 10.9 Å². The maximum atomic E-state index is 12.2. The Morgan fingerprint density at radius 2 is 1.47 bits per heavy atom. The van der Waals surface area contributed by atoms with E-state index in [0.717, 1.165) is 6.42 Å². The van der Waals surface area contributed by atoms with E-state index in [1.807, 2.05) is 0 Å². The molecular formula is C14H28O2S. The van der Waals surface area contributed by atoms with Crippen LogP contribution >= 0.6 is 12.6 Å². The van der Waals surface area contributed by atoms with Crippen molar-refractivity contribution < 1.29 is 9.53 Å². The van der Waals surface area contributed by atoms with Crippen LogP contribution in [0.15, 0.2) is 0 Å². The van der Waals surface area contributed by atoms with Gasteiger partial charge in [-0.05, 0) is 31.1 Å². The highest BCUT2D eigenvalue weighted by Gasteiger charge is 2.37. The second kappa shape index (κ2) is 5.21. The van der Waals surface area contributed by atoms with Crippen LogP contribution in [0, 0.1) is 16.7 Å². The molecule has 0 fully saturated rings. The van der Waals surface area contributed by atoms with Crippen molar-refractivity contribution in [3.05, 3.63) is 0 Å². The summed E-state index contributed by atoms with van der Waals surface area (Å²) < 4.78 is 5.40. The number of ether oxygens (including phenoxy) is 1. The third-order valence-corrected chi connectivity index (χ3v) is 2.59. The lowest BCUT2D eigenvalue weighted by molar-refractivity contribution is -0.159. The molecule has 0 bridgehead atoms. The summed E-state index contributed by atoms with van der Waals surface area (Å²) in [5, 5.41) is 0. The summed E-state index contributed by atoms with van der Waals surface area (Å²) in [4.78, 5) is 11.5. The Bertz CT molecular complexity index is 263. The molecule has 0 aromatic carbocycles. The minimum Gasteiger partial charge on any atom is -0.449 e. The van der Waals surface area contributed by atoms with Gasteiger partial charge in [-0.1, -0.05) is 41.5 Å². The highest BCUT2D eigenvalue weighted by atomic mass is 32.1. The topological polar surface area (TPSA) is 26.3 Å².